The molecule has 3 aromatic rings. The zero-order valence-electron chi connectivity index (χ0n) is 16.0. The quantitative estimate of drug-likeness (QED) is 0.660. The first-order chi connectivity index (χ1) is 13.7. The fourth-order valence-electron chi connectivity index (χ4n) is 3.69. The van der Waals surface area contributed by atoms with Gasteiger partial charge in [-0.25, -0.2) is 9.78 Å². The van der Waals surface area contributed by atoms with Crippen LogP contribution in [0.3, 0.4) is 0 Å². The number of nitrogens with one attached hydrogen (secondary N) is 2. The molecule has 4 rings (SSSR count). The van der Waals surface area contributed by atoms with Gasteiger partial charge in [0.1, 0.15) is 12.7 Å². The molecule has 146 valence electrons. The highest BCUT2D eigenvalue weighted by Crippen LogP contribution is 2.24. The van der Waals surface area contributed by atoms with Crippen LogP contribution in [0.4, 0.5) is 4.79 Å². The van der Waals surface area contributed by atoms with Gasteiger partial charge in [-0.1, -0.05) is 30.3 Å². The summed E-state index contributed by atoms with van der Waals surface area (Å²) >= 11 is 0. The molecule has 1 aromatic carbocycles. The van der Waals surface area contributed by atoms with Gasteiger partial charge in [0.2, 0.25) is 0 Å². The van der Waals surface area contributed by atoms with Gasteiger partial charge in [0, 0.05) is 19.3 Å². The van der Waals surface area contributed by atoms with Gasteiger partial charge in [0.05, 0.1) is 18.3 Å². The van der Waals surface area contributed by atoms with Gasteiger partial charge in [-0.15, -0.1) is 0 Å². The summed E-state index contributed by atoms with van der Waals surface area (Å²) in [5.41, 5.74) is 4.55. The third-order valence-electron chi connectivity index (χ3n) is 5.24. The first-order valence-corrected chi connectivity index (χ1v) is 9.64. The first kappa shape index (κ1) is 18.2. The highest BCUT2D eigenvalue weighted by Gasteiger charge is 2.22. The van der Waals surface area contributed by atoms with E-state index in [1.165, 1.54) is 17.6 Å². The standard InChI is InChI=1S/C20H25N7O/c1-26(12-19-16-8-5-9-18(16)24-25-19)20(28)23-17(15-6-3-2-4-7-15)10-11-27-14-21-13-22-27/h2-4,6-7,13-14,17H,5,8-12H2,1H3,(H,23,28)(H,24,25)/t17-/m0/s1. The van der Waals surface area contributed by atoms with Crippen molar-refractivity contribution in [1.82, 2.24) is 35.2 Å². The minimum absolute atomic E-state index is 0.106. The van der Waals surface area contributed by atoms with Crippen molar-refractivity contribution >= 4 is 6.03 Å². The molecule has 0 spiro atoms. The highest BCUT2D eigenvalue weighted by molar-refractivity contribution is 5.74. The van der Waals surface area contributed by atoms with Crippen molar-refractivity contribution in [3.63, 3.8) is 0 Å². The molecule has 0 fully saturated rings. The zero-order chi connectivity index (χ0) is 19.3. The third kappa shape index (κ3) is 4.05. The minimum Gasteiger partial charge on any atom is -0.331 e. The summed E-state index contributed by atoms with van der Waals surface area (Å²) in [5, 5.41) is 14.8. The molecular weight excluding hydrogens is 354 g/mol. The molecule has 1 aliphatic rings. The second-order valence-electron chi connectivity index (χ2n) is 7.20. The predicted octanol–water partition coefficient (Wildman–Crippen LogP) is 2.46. The number of aryl methyl sites for hydroxylation is 2. The van der Waals surface area contributed by atoms with E-state index in [2.05, 4.69) is 25.6 Å². The molecular formula is C20H25N7O. The zero-order valence-corrected chi connectivity index (χ0v) is 16.0. The molecule has 0 radical (unpaired) electrons. The maximum atomic E-state index is 12.9. The summed E-state index contributed by atoms with van der Waals surface area (Å²) in [6.07, 6.45) is 7.19. The van der Waals surface area contributed by atoms with Crippen molar-refractivity contribution < 1.29 is 4.79 Å². The predicted molar refractivity (Wildman–Crippen MR) is 104 cm³/mol. The molecule has 0 saturated heterocycles. The van der Waals surface area contributed by atoms with E-state index in [9.17, 15) is 4.79 Å². The molecule has 2 aromatic heterocycles. The molecule has 0 aliphatic heterocycles. The largest absolute Gasteiger partial charge is 0.331 e. The van der Waals surface area contributed by atoms with Gasteiger partial charge < -0.3 is 10.2 Å². The number of carbonyl (C=O) groups is 1. The first-order valence-electron chi connectivity index (χ1n) is 9.64. The molecule has 1 aliphatic carbocycles. The van der Waals surface area contributed by atoms with Crippen molar-refractivity contribution in [2.75, 3.05) is 7.05 Å². The maximum Gasteiger partial charge on any atom is 0.317 e. The van der Waals surface area contributed by atoms with Crippen LogP contribution in [0.25, 0.3) is 0 Å². The molecule has 0 saturated carbocycles. The van der Waals surface area contributed by atoms with Crippen LogP contribution in [0.5, 0.6) is 0 Å². The van der Waals surface area contributed by atoms with Gasteiger partial charge >= 0.3 is 6.03 Å². The van der Waals surface area contributed by atoms with E-state index in [1.54, 1.807) is 15.9 Å². The summed E-state index contributed by atoms with van der Waals surface area (Å²) in [5.74, 6) is 0. The molecule has 0 unspecified atom stereocenters. The van der Waals surface area contributed by atoms with E-state index in [4.69, 9.17) is 0 Å². The Morgan fingerprint density at radius 2 is 2.18 bits per heavy atom. The number of aromatic nitrogens is 5. The van der Waals surface area contributed by atoms with Crippen molar-refractivity contribution in [1.29, 1.82) is 0 Å². The lowest BCUT2D eigenvalue weighted by molar-refractivity contribution is 0.200. The minimum atomic E-state index is -0.109. The Kier molecular flexibility index (Phi) is 5.36. The molecule has 28 heavy (non-hydrogen) atoms. The Hall–Kier alpha value is -3.16. The number of urea groups is 1. The second-order valence-corrected chi connectivity index (χ2v) is 7.20. The summed E-state index contributed by atoms with van der Waals surface area (Å²) < 4.78 is 1.78. The summed E-state index contributed by atoms with van der Waals surface area (Å²) in [6, 6.07) is 9.80. The van der Waals surface area contributed by atoms with Crippen molar-refractivity contribution in [3.8, 4) is 0 Å². The number of nitrogens with zero attached hydrogens (tertiary/aromatic N) is 5. The lowest BCUT2D eigenvalue weighted by Gasteiger charge is -2.24. The van der Waals surface area contributed by atoms with Gasteiger partial charge in [-0.3, -0.25) is 9.78 Å². The van der Waals surface area contributed by atoms with Crippen molar-refractivity contribution in [3.05, 3.63) is 65.5 Å². The summed E-state index contributed by atoms with van der Waals surface area (Å²) in [4.78, 5) is 18.5. The topological polar surface area (TPSA) is 91.7 Å². The maximum absolute atomic E-state index is 12.9. The smallest absolute Gasteiger partial charge is 0.317 e. The highest BCUT2D eigenvalue weighted by atomic mass is 16.2. The molecule has 8 heteroatoms. The summed E-state index contributed by atoms with van der Waals surface area (Å²) in [6.45, 7) is 1.18. The van der Waals surface area contributed by atoms with E-state index in [0.717, 1.165) is 36.9 Å². The number of H-pyrrole nitrogens is 1. The molecule has 1 atom stereocenters. The lowest BCUT2D eigenvalue weighted by atomic mass is 10.0. The van der Waals surface area contributed by atoms with Gasteiger partial charge in [0.15, 0.2) is 0 Å². The number of amides is 2. The fourth-order valence-corrected chi connectivity index (χ4v) is 3.69. The van der Waals surface area contributed by atoms with Crippen LogP contribution in [-0.4, -0.2) is 42.9 Å². The van der Waals surface area contributed by atoms with Crippen LogP contribution in [-0.2, 0) is 25.9 Å². The van der Waals surface area contributed by atoms with Crippen LogP contribution in [0.2, 0.25) is 0 Å². The molecule has 2 heterocycles. The number of fused-ring (bicyclic) bond motifs is 1. The Morgan fingerprint density at radius 3 is 2.96 bits per heavy atom. The number of benzene rings is 1. The van der Waals surface area contributed by atoms with E-state index in [0.29, 0.717) is 13.1 Å². The SMILES string of the molecule is CN(Cc1n[nH]c2c1CCC2)C(=O)N[C@@H](CCn1cncn1)c1ccccc1. The van der Waals surface area contributed by atoms with Crippen molar-refractivity contribution in [2.24, 2.45) is 0 Å². The lowest BCUT2D eigenvalue weighted by Crippen LogP contribution is -2.39. The third-order valence-corrected chi connectivity index (χ3v) is 5.24. The van der Waals surface area contributed by atoms with Gasteiger partial charge in [0.25, 0.3) is 0 Å². The van der Waals surface area contributed by atoms with E-state index in [-0.39, 0.29) is 12.1 Å². The van der Waals surface area contributed by atoms with E-state index >= 15 is 0 Å². The average molecular weight is 379 g/mol. The Balaban J connectivity index is 1.42. The Bertz CT molecular complexity index is 904. The number of hydrogen-bond acceptors (Lipinski definition) is 4. The second kappa shape index (κ2) is 8.24. The van der Waals surface area contributed by atoms with Crippen LogP contribution >= 0.6 is 0 Å². The Morgan fingerprint density at radius 1 is 1.32 bits per heavy atom. The van der Waals surface area contributed by atoms with Crippen LogP contribution in [0.1, 0.15) is 41.4 Å². The molecule has 2 amide bonds. The molecule has 2 N–H and O–H groups in total. The van der Waals surface area contributed by atoms with Crippen LogP contribution in [0.15, 0.2) is 43.0 Å². The van der Waals surface area contributed by atoms with Crippen molar-refractivity contribution in [2.45, 2.75) is 44.8 Å². The van der Waals surface area contributed by atoms with Gasteiger partial charge in [-0.2, -0.15) is 10.2 Å². The number of carbonyl (C=O) groups excluding carboxylic acids is 1. The van der Waals surface area contributed by atoms with Gasteiger partial charge in [-0.05, 0) is 36.8 Å². The monoisotopic (exact) mass is 379 g/mol. The van der Waals surface area contributed by atoms with Crippen LogP contribution in [0, 0.1) is 0 Å². The average Bonchev–Trinajstić information content (AvgIpc) is 3.45. The normalized spacial score (nSPS) is 13.9. The molecule has 8 nitrogen and oxygen atoms in total. The molecule has 0 bridgehead atoms. The Labute approximate surface area is 164 Å². The number of aromatic amines is 1. The fraction of sp³-hybridized carbons (Fsp3) is 0.400. The number of hydrogen-bond donors (Lipinski definition) is 2. The van der Waals surface area contributed by atoms with E-state index < -0.39 is 0 Å². The summed E-state index contributed by atoms with van der Waals surface area (Å²) in [7, 11) is 1.81. The van der Waals surface area contributed by atoms with E-state index in [1.807, 2.05) is 37.4 Å². The van der Waals surface area contributed by atoms with Crippen LogP contribution < -0.4 is 5.32 Å². The number of rotatable bonds is 7.